The molecule has 0 aliphatic carbocycles. The predicted octanol–water partition coefficient (Wildman–Crippen LogP) is 7.21. The van der Waals surface area contributed by atoms with Gasteiger partial charge in [-0.2, -0.15) is 0 Å². The standard InChI is InChI=1S/C30H22Br2Cl2N2O4S/c1-3-39-29(38)25-16(2)35-30-36(26(25)18-7-5-4-6-8-18)28(37)24(41-30)13-17-11-21(31)27(22(32)12-17)40-15-19-9-10-20(33)14-23(19)34/h4-14,26H,3,15H2,1-2H3/b24-13-/t26-/m1/s1. The maximum atomic E-state index is 13.8. The van der Waals surface area contributed by atoms with Gasteiger partial charge in [0.1, 0.15) is 12.4 Å². The highest BCUT2D eigenvalue weighted by atomic mass is 79.9. The number of fused-ring (bicyclic) bond motifs is 1. The molecule has 0 saturated heterocycles. The van der Waals surface area contributed by atoms with Crippen LogP contribution in [0.4, 0.5) is 0 Å². The number of benzene rings is 3. The number of esters is 1. The van der Waals surface area contributed by atoms with E-state index in [-0.39, 0.29) is 18.8 Å². The van der Waals surface area contributed by atoms with Gasteiger partial charge < -0.3 is 9.47 Å². The van der Waals surface area contributed by atoms with Crippen LogP contribution in [0.1, 0.15) is 36.6 Å². The van der Waals surface area contributed by atoms with E-state index in [4.69, 9.17) is 32.7 Å². The molecule has 0 amide bonds. The van der Waals surface area contributed by atoms with Crippen LogP contribution in [0.15, 0.2) is 90.7 Å². The Kier molecular flexibility index (Phi) is 9.21. The Hall–Kier alpha value is -2.69. The van der Waals surface area contributed by atoms with Gasteiger partial charge in [0.15, 0.2) is 4.80 Å². The van der Waals surface area contributed by atoms with Gasteiger partial charge in [-0.3, -0.25) is 9.36 Å². The smallest absolute Gasteiger partial charge is 0.338 e. The summed E-state index contributed by atoms with van der Waals surface area (Å²) in [6, 6.07) is 17.8. The fourth-order valence-corrected chi connectivity index (χ4v) is 7.44. The highest BCUT2D eigenvalue weighted by Crippen LogP contribution is 2.36. The molecule has 6 nitrogen and oxygen atoms in total. The molecule has 0 fully saturated rings. The number of carbonyl (C=O) groups excluding carboxylic acids is 1. The van der Waals surface area contributed by atoms with E-state index in [0.717, 1.165) is 16.7 Å². The second-order valence-corrected chi connectivity index (χ2v) is 12.6. The number of ether oxygens (including phenoxy) is 2. The minimum Gasteiger partial charge on any atom is -0.486 e. The average Bonchev–Trinajstić information content (AvgIpc) is 3.23. The molecule has 2 heterocycles. The number of allylic oxidation sites excluding steroid dienone is 1. The Labute approximate surface area is 266 Å². The maximum absolute atomic E-state index is 13.8. The third-order valence-electron chi connectivity index (χ3n) is 6.34. The summed E-state index contributed by atoms with van der Waals surface area (Å²) in [5.74, 6) is 0.105. The van der Waals surface area contributed by atoms with Gasteiger partial charge in [-0.1, -0.05) is 70.9 Å². The van der Waals surface area contributed by atoms with Crippen LogP contribution in [-0.2, 0) is 16.1 Å². The molecule has 3 aromatic carbocycles. The zero-order chi connectivity index (χ0) is 29.3. The van der Waals surface area contributed by atoms with Crippen molar-refractivity contribution in [3.05, 3.63) is 127 Å². The number of aromatic nitrogens is 1. The summed E-state index contributed by atoms with van der Waals surface area (Å²) < 4.78 is 14.8. The van der Waals surface area contributed by atoms with Crippen LogP contribution in [0, 0.1) is 0 Å². The molecule has 1 atom stereocenters. The number of nitrogens with zero attached hydrogens (tertiary/aromatic N) is 2. The molecule has 0 bridgehead atoms. The third-order valence-corrected chi connectivity index (χ3v) is 9.09. The van der Waals surface area contributed by atoms with E-state index >= 15 is 0 Å². The molecule has 210 valence electrons. The lowest BCUT2D eigenvalue weighted by Gasteiger charge is -2.24. The van der Waals surface area contributed by atoms with E-state index in [1.807, 2.05) is 48.5 Å². The Morgan fingerprint density at radius 1 is 1.10 bits per heavy atom. The molecule has 41 heavy (non-hydrogen) atoms. The van der Waals surface area contributed by atoms with Crippen LogP contribution < -0.4 is 19.6 Å². The van der Waals surface area contributed by atoms with E-state index in [1.54, 1.807) is 36.6 Å². The molecule has 1 aromatic heterocycles. The maximum Gasteiger partial charge on any atom is 0.338 e. The highest BCUT2D eigenvalue weighted by Gasteiger charge is 2.33. The molecule has 0 unspecified atom stereocenters. The van der Waals surface area contributed by atoms with Crippen molar-refractivity contribution in [1.82, 2.24) is 4.57 Å². The third kappa shape index (κ3) is 6.24. The second kappa shape index (κ2) is 12.7. The summed E-state index contributed by atoms with van der Waals surface area (Å²) in [4.78, 5) is 32.0. The summed E-state index contributed by atoms with van der Waals surface area (Å²) in [5.41, 5.74) is 2.99. The van der Waals surface area contributed by atoms with Crippen molar-refractivity contribution >= 4 is 78.4 Å². The van der Waals surface area contributed by atoms with Crippen LogP contribution in [-0.4, -0.2) is 17.1 Å². The summed E-state index contributed by atoms with van der Waals surface area (Å²) in [5, 5.41) is 1.07. The number of hydrogen-bond acceptors (Lipinski definition) is 6. The highest BCUT2D eigenvalue weighted by molar-refractivity contribution is 9.11. The van der Waals surface area contributed by atoms with E-state index in [2.05, 4.69) is 36.9 Å². The number of thiazole rings is 1. The normalized spacial score (nSPS) is 15.0. The number of halogens is 4. The molecular formula is C30H22Br2Cl2N2O4S. The Morgan fingerprint density at radius 3 is 2.46 bits per heavy atom. The molecule has 1 aliphatic heterocycles. The predicted molar refractivity (Wildman–Crippen MR) is 169 cm³/mol. The largest absolute Gasteiger partial charge is 0.486 e. The van der Waals surface area contributed by atoms with Crippen LogP contribution in [0.2, 0.25) is 10.0 Å². The Morgan fingerprint density at radius 2 is 1.80 bits per heavy atom. The first-order valence-corrected chi connectivity index (χ1v) is 15.6. The quantitative estimate of drug-likeness (QED) is 0.188. The fraction of sp³-hybridized carbons (Fsp3) is 0.167. The molecule has 11 heteroatoms. The van der Waals surface area contributed by atoms with E-state index in [0.29, 0.717) is 45.3 Å². The van der Waals surface area contributed by atoms with Crippen molar-refractivity contribution in [1.29, 1.82) is 0 Å². The van der Waals surface area contributed by atoms with Crippen LogP contribution >= 0.6 is 66.4 Å². The average molecular weight is 737 g/mol. The number of hydrogen-bond donors (Lipinski definition) is 0. The zero-order valence-electron chi connectivity index (χ0n) is 21.8. The molecule has 0 spiro atoms. The van der Waals surface area contributed by atoms with Gasteiger partial charge in [0.25, 0.3) is 5.56 Å². The summed E-state index contributed by atoms with van der Waals surface area (Å²) >= 11 is 20.7. The first-order valence-electron chi connectivity index (χ1n) is 12.5. The molecule has 0 N–H and O–H groups in total. The van der Waals surface area contributed by atoms with Crippen molar-refractivity contribution in [2.45, 2.75) is 26.5 Å². The number of rotatable bonds is 7. The van der Waals surface area contributed by atoms with Gasteiger partial charge in [0, 0.05) is 15.6 Å². The number of carbonyl (C=O) groups is 1. The van der Waals surface area contributed by atoms with E-state index in [1.165, 1.54) is 11.3 Å². The second-order valence-electron chi connectivity index (χ2n) is 9.05. The van der Waals surface area contributed by atoms with Gasteiger partial charge >= 0.3 is 5.97 Å². The van der Waals surface area contributed by atoms with Crippen molar-refractivity contribution < 1.29 is 14.3 Å². The minimum atomic E-state index is -0.650. The SMILES string of the molecule is CCOC(=O)C1=C(C)N=c2s/c(=C\c3cc(Br)c(OCc4ccc(Cl)cc4Cl)c(Br)c3)c(=O)n2[C@@H]1c1ccccc1. The van der Waals surface area contributed by atoms with Crippen molar-refractivity contribution in [3.63, 3.8) is 0 Å². The van der Waals surface area contributed by atoms with Gasteiger partial charge in [0.2, 0.25) is 0 Å². The van der Waals surface area contributed by atoms with Gasteiger partial charge in [0.05, 0.1) is 37.4 Å². The Bertz CT molecular complexity index is 1850. The van der Waals surface area contributed by atoms with E-state index in [9.17, 15) is 9.59 Å². The molecule has 0 radical (unpaired) electrons. The topological polar surface area (TPSA) is 69.9 Å². The summed E-state index contributed by atoms with van der Waals surface area (Å²) in [7, 11) is 0. The first kappa shape index (κ1) is 29.8. The van der Waals surface area contributed by atoms with Crippen LogP contribution in [0.5, 0.6) is 5.75 Å². The monoisotopic (exact) mass is 734 g/mol. The molecule has 1 aliphatic rings. The zero-order valence-corrected chi connectivity index (χ0v) is 27.3. The first-order chi connectivity index (χ1) is 19.7. The van der Waals surface area contributed by atoms with E-state index < -0.39 is 12.0 Å². The fourth-order valence-electron chi connectivity index (χ4n) is 4.48. The lowest BCUT2D eigenvalue weighted by molar-refractivity contribution is -0.139. The summed E-state index contributed by atoms with van der Waals surface area (Å²) in [6.45, 7) is 3.98. The molecule has 4 aromatic rings. The van der Waals surface area contributed by atoms with Crippen molar-refractivity contribution in [2.24, 2.45) is 4.99 Å². The minimum absolute atomic E-state index is 0.220. The van der Waals surface area contributed by atoms with Crippen molar-refractivity contribution in [2.75, 3.05) is 6.61 Å². The summed E-state index contributed by atoms with van der Waals surface area (Å²) in [6.07, 6.45) is 1.80. The van der Waals surface area contributed by atoms with Crippen molar-refractivity contribution in [3.8, 4) is 5.75 Å². The van der Waals surface area contributed by atoms with Gasteiger partial charge in [-0.25, -0.2) is 9.79 Å². The Balaban J connectivity index is 1.53. The molecule has 5 rings (SSSR count). The van der Waals surface area contributed by atoms with Crippen LogP contribution in [0.25, 0.3) is 6.08 Å². The lowest BCUT2D eigenvalue weighted by Crippen LogP contribution is -2.39. The molecular weight excluding hydrogens is 715 g/mol. The van der Waals surface area contributed by atoms with Gasteiger partial charge in [-0.15, -0.1) is 0 Å². The lowest BCUT2D eigenvalue weighted by atomic mass is 9.96. The molecule has 0 saturated carbocycles. The van der Waals surface area contributed by atoms with Gasteiger partial charge in [-0.05, 0) is 87.2 Å². The van der Waals surface area contributed by atoms with Crippen LogP contribution in [0.3, 0.4) is 0 Å².